The standard InChI is InChI=1S/C32H30P/c1-2-3-15-27-17-11-13-24-31(27)33(28-19-6-4-7-20-28,29-21-8-5-9-22-29)32-25-14-18-26-16-10-12-23-30(26)32/h4-14,16-25H,2-3,15H2,1H3/q+1. The lowest BCUT2D eigenvalue weighted by Gasteiger charge is -2.30. The molecule has 0 aliphatic rings. The Bertz CT molecular complexity index is 1290. The van der Waals surface area contributed by atoms with Gasteiger partial charge in [0.1, 0.15) is 28.5 Å². The molecule has 0 N–H and O–H groups in total. The molecule has 0 radical (unpaired) electrons. The van der Waals surface area contributed by atoms with E-state index in [2.05, 4.69) is 134 Å². The van der Waals surface area contributed by atoms with Gasteiger partial charge < -0.3 is 0 Å². The van der Waals surface area contributed by atoms with Crippen molar-refractivity contribution in [3.05, 3.63) is 133 Å². The molecule has 0 aliphatic carbocycles. The quantitative estimate of drug-likeness (QED) is 0.242. The second kappa shape index (κ2) is 9.74. The molecule has 0 saturated heterocycles. The number of hydrogen-bond donors (Lipinski definition) is 0. The molecule has 0 atom stereocenters. The molecule has 0 aliphatic heterocycles. The molecular weight excluding hydrogens is 415 g/mol. The summed E-state index contributed by atoms with van der Waals surface area (Å²) in [6, 6.07) is 47.4. The normalized spacial score (nSPS) is 11.5. The van der Waals surface area contributed by atoms with Crippen LogP contribution in [0, 0.1) is 0 Å². The van der Waals surface area contributed by atoms with Gasteiger partial charge in [0, 0.05) is 5.39 Å². The summed E-state index contributed by atoms with van der Waals surface area (Å²) in [5.41, 5.74) is 1.48. The molecule has 0 unspecified atom stereocenters. The second-order valence-electron chi connectivity index (χ2n) is 8.57. The molecule has 5 rings (SSSR count). The van der Waals surface area contributed by atoms with E-state index in [0.29, 0.717) is 0 Å². The van der Waals surface area contributed by atoms with Crippen LogP contribution in [0.4, 0.5) is 0 Å². The topological polar surface area (TPSA) is 0 Å². The smallest absolute Gasteiger partial charge is 0.0654 e. The Balaban J connectivity index is 1.96. The lowest BCUT2D eigenvalue weighted by molar-refractivity contribution is 0.798. The Morgan fingerprint density at radius 2 is 1.06 bits per heavy atom. The van der Waals surface area contributed by atoms with Crippen molar-refractivity contribution in [1.82, 2.24) is 0 Å². The average Bonchev–Trinajstić information content (AvgIpc) is 2.90. The van der Waals surface area contributed by atoms with Gasteiger partial charge in [0.15, 0.2) is 0 Å². The van der Waals surface area contributed by atoms with Crippen LogP contribution in [-0.2, 0) is 6.42 Å². The van der Waals surface area contributed by atoms with E-state index >= 15 is 0 Å². The van der Waals surface area contributed by atoms with Crippen molar-refractivity contribution in [2.24, 2.45) is 0 Å². The Kier molecular flexibility index (Phi) is 6.38. The van der Waals surface area contributed by atoms with Crippen LogP contribution in [0.1, 0.15) is 25.3 Å². The largest absolute Gasteiger partial charge is 0.145 e. The first kappa shape index (κ1) is 21.6. The van der Waals surface area contributed by atoms with E-state index in [9.17, 15) is 0 Å². The van der Waals surface area contributed by atoms with Crippen molar-refractivity contribution < 1.29 is 0 Å². The molecule has 0 spiro atoms. The van der Waals surface area contributed by atoms with Gasteiger partial charge in [-0.25, -0.2) is 0 Å². The van der Waals surface area contributed by atoms with Crippen LogP contribution in [0.5, 0.6) is 0 Å². The van der Waals surface area contributed by atoms with Crippen LogP contribution >= 0.6 is 7.26 Å². The van der Waals surface area contributed by atoms with Gasteiger partial charge in [-0.15, -0.1) is 0 Å². The highest BCUT2D eigenvalue weighted by Gasteiger charge is 2.49. The lowest BCUT2D eigenvalue weighted by atomic mass is 10.1. The molecule has 0 saturated carbocycles. The van der Waals surface area contributed by atoms with Gasteiger partial charge in [0.05, 0.1) is 0 Å². The van der Waals surface area contributed by atoms with Crippen LogP contribution in [0.15, 0.2) is 127 Å². The zero-order valence-corrected chi connectivity index (χ0v) is 20.1. The average molecular weight is 446 g/mol. The second-order valence-corrected chi connectivity index (χ2v) is 11.9. The van der Waals surface area contributed by atoms with E-state index in [1.54, 1.807) is 0 Å². The first-order valence-electron chi connectivity index (χ1n) is 11.9. The highest BCUT2D eigenvalue weighted by molar-refractivity contribution is 8.02. The van der Waals surface area contributed by atoms with Crippen molar-refractivity contribution in [2.75, 3.05) is 0 Å². The maximum atomic E-state index is 2.40. The SMILES string of the molecule is CCCCc1ccccc1[P+](c1ccccc1)(c1ccccc1)c1cccc2ccccc12. The lowest BCUT2D eigenvalue weighted by Crippen LogP contribution is -2.40. The summed E-state index contributed by atoms with van der Waals surface area (Å²) in [5.74, 6) is 0. The van der Waals surface area contributed by atoms with Crippen LogP contribution in [0.3, 0.4) is 0 Å². The monoisotopic (exact) mass is 445 g/mol. The summed E-state index contributed by atoms with van der Waals surface area (Å²) in [7, 11) is -2.13. The van der Waals surface area contributed by atoms with Gasteiger partial charge in [-0.3, -0.25) is 0 Å². The highest BCUT2D eigenvalue weighted by Crippen LogP contribution is 2.56. The fraction of sp³-hybridized carbons (Fsp3) is 0.125. The van der Waals surface area contributed by atoms with E-state index < -0.39 is 7.26 Å². The third-order valence-corrected chi connectivity index (χ3v) is 11.0. The van der Waals surface area contributed by atoms with Gasteiger partial charge >= 0.3 is 0 Å². The minimum atomic E-state index is -2.13. The van der Waals surface area contributed by atoms with E-state index in [-0.39, 0.29) is 0 Å². The minimum Gasteiger partial charge on any atom is -0.0654 e. The van der Waals surface area contributed by atoms with E-state index in [0.717, 1.165) is 6.42 Å². The highest BCUT2D eigenvalue weighted by atomic mass is 31.2. The summed E-state index contributed by atoms with van der Waals surface area (Å²) >= 11 is 0. The number of fused-ring (bicyclic) bond motifs is 1. The summed E-state index contributed by atoms with van der Waals surface area (Å²) in [6.45, 7) is 2.28. The van der Waals surface area contributed by atoms with Gasteiger partial charge in [0.25, 0.3) is 0 Å². The fourth-order valence-corrected chi connectivity index (χ4v) is 9.77. The molecule has 5 aromatic carbocycles. The van der Waals surface area contributed by atoms with Gasteiger partial charge in [-0.2, -0.15) is 0 Å². The molecule has 0 amide bonds. The number of aryl methyl sites for hydroxylation is 1. The minimum absolute atomic E-state index is 1.11. The summed E-state index contributed by atoms with van der Waals surface area (Å²) in [6.07, 6.45) is 3.51. The number of rotatable bonds is 7. The molecule has 0 nitrogen and oxygen atoms in total. The molecule has 5 aromatic rings. The van der Waals surface area contributed by atoms with Crippen LogP contribution in [0.25, 0.3) is 10.8 Å². The Morgan fingerprint density at radius 3 is 1.76 bits per heavy atom. The van der Waals surface area contributed by atoms with Crippen LogP contribution in [0.2, 0.25) is 0 Å². The molecule has 0 fully saturated rings. The van der Waals surface area contributed by atoms with Crippen molar-refractivity contribution in [1.29, 1.82) is 0 Å². The van der Waals surface area contributed by atoms with Gasteiger partial charge in [-0.05, 0) is 60.2 Å². The van der Waals surface area contributed by atoms with Crippen molar-refractivity contribution in [3.63, 3.8) is 0 Å². The first-order chi connectivity index (χ1) is 16.4. The molecule has 1 heteroatoms. The zero-order chi connectivity index (χ0) is 22.5. The maximum Gasteiger partial charge on any atom is 0.145 e. The Morgan fingerprint density at radius 1 is 0.515 bits per heavy atom. The van der Waals surface area contributed by atoms with Crippen molar-refractivity contribution in [3.8, 4) is 0 Å². The number of benzene rings is 5. The van der Waals surface area contributed by atoms with Crippen LogP contribution < -0.4 is 21.2 Å². The maximum absolute atomic E-state index is 2.40. The van der Waals surface area contributed by atoms with Crippen molar-refractivity contribution in [2.45, 2.75) is 26.2 Å². The van der Waals surface area contributed by atoms with Gasteiger partial charge in [0.2, 0.25) is 0 Å². The number of hydrogen-bond acceptors (Lipinski definition) is 0. The molecule has 0 heterocycles. The van der Waals surface area contributed by atoms with E-state index in [1.807, 2.05) is 0 Å². The Labute approximate surface area is 198 Å². The van der Waals surface area contributed by atoms with Gasteiger partial charge in [-0.1, -0.05) is 104 Å². The van der Waals surface area contributed by atoms with E-state index in [1.165, 1.54) is 50.4 Å². The molecule has 0 bridgehead atoms. The molecule has 162 valence electrons. The first-order valence-corrected chi connectivity index (χ1v) is 13.7. The summed E-state index contributed by atoms with van der Waals surface area (Å²) in [4.78, 5) is 0. The fourth-order valence-electron chi connectivity index (χ4n) is 5.06. The Hall–Kier alpha value is -3.21. The number of unbranched alkanes of at least 4 members (excludes halogenated alkanes) is 1. The predicted molar refractivity (Wildman–Crippen MR) is 147 cm³/mol. The van der Waals surface area contributed by atoms with E-state index in [4.69, 9.17) is 0 Å². The predicted octanol–water partition coefficient (Wildman–Crippen LogP) is 6.80. The zero-order valence-electron chi connectivity index (χ0n) is 19.2. The third-order valence-electron chi connectivity index (χ3n) is 6.57. The molecule has 33 heavy (non-hydrogen) atoms. The molecule has 0 aromatic heterocycles. The summed E-state index contributed by atoms with van der Waals surface area (Å²) in [5, 5.41) is 8.42. The van der Waals surface area contributed by atoms with Crippen LogP contribution in [-0.4, -0.2) is 0 Å². The summed E-state index contributed by atoms with van der Waals surface area (Å²) < 4.78 is 0. The molecular formula is C32H30P+. The third kappa shape index (κ3) is 3.90. The van der Waals surface area contributed by atoms with Crippen molar-refractivity contribution >= 4 is 39.3 Å².